The van der Waals surface area contributed by atoms with Crippen LogP contribution in [0.3, 0.4) is 0 Å². The maximum absolute atomic E-state index is 10.1. The molecule has 1 saturated carbocycles. The van der Waals surface area contributed by atoms with Crippen molar-refractivity contribution >= 4 is 22.4 Å². The number of aryl methyl sites for hydroxylation is 1. The maximum atomic E-state index is 10.1. The number of aliphatic hydroxyl groups is 1. The van der Waals surface area contributed by atoms with E-state index in [1.165, 1.54) is 22.9 Å². The molecule has 0 bridgehead atoms. The molecule has 2 aromatic rings. The van der Waals surface area contributed by atoms with Gasteiger partial charge < -0.3 is 5.11 Å². The van der Waals surface area contributed by atoms with E-state index in [0.717, 1.165) is 29.7 Å². The van der Waals surface area contributed by atoms with Gasteiger partial charge in [0.2, 0.25) is 0 Å². The summed E-state index contributed by atoms with van der Waals surface area (Å²) in [5.41, 5.74) is 3.10. The van der Waals surface area contributed by atoms with Crippen molar-refractivity contribution in [3.05, 3.63) is 46.5 Å². The van der Waals surface area contributed by atoms with Gasteiger partial charge in [-0.1, -0.05) is 42.8 Å². The first-order chi connectivity index (χ1) is 9.58. The van der Waals surface area contributed by atoms with Crippen molar-refractivity contribution < 1.29 is 5.11 Å². The monoisotopic (exact) mass is 286 g/mol. The van der Waals surface area contributed by atoms with Crippen LogP contribution in [0.2, 0.25) is 5.02 Å². The molecule has 2 aliphatic rings. The van der Waals surface area contributed by atoms with Gasteiger partial charge in [-0.2, -0.15) is 0 Å². The average Bonchev–Trinajstić information content (AvgIpc) is 2.74. The third-order valence-electron chi connectivity index (χ3n) is 5.51. The van der Waals surface area contributed by atoms with Crippen LogP contribution in [-0.4, -0.2) is 11.2 Å². The number of halogens is 1. The quantitative estimate of drug-likeness (QED) is 0.745. The van der Waals surface area contributed by atoms with Gasteiger partial charge in [0.25, 0.3) is 0 Å². The van der Waals surface area contributed by atoms with Crippen LogP contribution in [0.4, 0.5) is 0 Å². The summed E-state index contributed by atoms with van der Waals surface area (Å²) in [5, 5.41) is 13.4. The van der Waals surface area contributed by atoms with E-state index < -0.39 is 0 Å². The lowest BCUT2D eigenvalue weighted by Gasteiger charge is -2.38. The first-order valence-corrected chi connectivity index (χ1v) is 7.84. The van der Waals surface area contributed by atoms with Crippen LogP contribution in [-0.2, 0) is 6.42 Å². The Morgan fingerprint density at radius 1 is 1.25 bits per heavy atom. The second kappa shape index (κ2) is 4.22. The minimum Gasteiger partial charge on any atom is -0.393 e. The fraction of sp³-hybridized carbons (Fsp3) is 0.444. The highest BCUT2D eigenvalue weighted by atomic mass is 35.5. The lowest BCUT2D eigenvalue weighted by atomic mass is 9.66. The van der Waals surface area contributed by atoms with Crippen LogP contribution in [0.5, 0.6) is 0 Å². The summed E-state index contributed by atoms with van der Waals surface area (Å²) in [6, 6.07) is 10.6. The van der Waals surface area contributed by atoms with Crippen LogP contribution in [0.1, 0.15) is 43.2 Å². The number of aliphatic hydroxyl groups excluding tert-OH is 1. The van der Waals surface area contributed by atoms with Crippen molar-refractivity contribution in [1.82, 2.24) is 0 Å². The molecule has 104 valence electrons. The summed E-state index contributed by atoms with van der Waals surface area (Å²) in [6.45, 7) is 2.33. The third-order valence-corrected chi connectivity index (χ3v) is 5.83. The highest BCUT2D eigenvalue weighted by molar-refractivity contribution is 6.35. The topological polar surface area (TPSA) is 20.2 Å². The largest absolute Gasteiger partial charge is 0.393 e. The molecule has 0 unspecified atom stereocenters. The molecule has 2 aromatic carbocycles. The van der Waals surface area contributed by atoms with Crippen LogP contribution in [0, 0.1) is 5.41 Å². The number of rotatable bonds is 0. The van der Waals surface area contributed by atoms with Crippen LogP contribution < -0.4 is 0 Å². The Morgan fingerprint density at radius 2 is 2.00 bits per heavy atom. The lowest BCUT2D eigenvalue weighted by Crippen LogP contribution is -2.26. The van der Waals surface area contributed by atoms with E-state index in [0.29, 0.717) is 5.92 Å². The second-order valence-corrected chi connectivity index (χ2v) is 7.18. The fourth-order valence-electron chi connectivity index (χ4n) is 4.51. The summed E-state index contributed by atoms with van der Waals surface area (Å²) in [5.74, 6) is 0.461. The minimum atomic E-state index is -0.152. The Morgan fingerprint density at radius 3 is 2.80 bits per heavy atom. The van der Waals surface area contributed by atoms with Gasteiger partial charge in [-0.3, -0.25) is 0 Å². The minimum absolute atomic E-state index is 0.152. The molecule has 1 fully saturated rings. The molecule has 0 saturated heterocycles. The highest BCUT2D eigenvalue weighted by Gasteiger charge is 2.47. The molecule has 1 N–H and O–H groups in total. The fourth-order valence-corrected chi connectivity index (χ4v) is 4.79. The molecule has 0 spiro atoms. The van der Waals surface area contributed by atoms with Crippen LogP contribution in [0.25, 0.3) is 10.8 Å². The Balaban J connectivity index is 1.98. The van der Waals surface area contributed by atoms with Crippen molar-refractivity contribution in [3.63, 3.8) is 0 Å². The highest BCUT2D eigenvalue weighted by Crippen LogP contribution is 2.56. The van der Waals surface area contributed by atoms with Crippen LogP contribution in [0.15, 0.2) is 30.3 Å². The third kappa shape index (κ3) is 1.66. The molecule has 0 aliphatic heterocycles. The predicted molar refractivity (Wildman–Crippen MR) is 83.4 cm³/mol. The molecule has 1 nitrogen and oxygen atoms in total. The van der Waals surface area contributed by atoms with E-state index in [2.05, 4.69) is 31.2 Å². The van der Waals surface area contributed by atoms with Gasteiger partial charge in [-0.25, -0.2) is 0 Å². The Kier molecular flexibility index (Phi) is 2.68. The van der Waals surface area contributed by atoms with Crippen molar-refractivity contribution in [2.24, 2.45) is 5.41 Å². The van der Waals surface area contributed by atoms with Gasteiger partial charge in [0.05, 0.1) is 6.10 Å². The molecule has 0 aromatic heterocycles. The number of benzene rings is 2. The molecule has 20 heavy (non-hydrogen) atoms. The normalized spacial score (nSPS) is 32.1. The van der Waals surface area contributed by atoms with Crippen molar-refractivity contribution in [1.29, 1.82) is 0 Å². The number of hydrogen-bond acceptors (Lipinski definition) is 1. The number of fused-ring (bicyclic) bond motifs is 5. The predicted octanol–water partition coefficient (Wildman–Crippen LogP) is 4.68. The van der Waals surface area contributed by atoms with Gasteiger partial charge in [0, 0.05) is 10.4 Å². The smallest absolute Gasteiger partial charge is 0.0551 e. The molecule has 2 heteroatoms. The first kappa shape index (κ1) is 12.7. The van der Waals surface area contributed by atoms with Gasteiger partial charge in [-0.05, 0) is 59.6 Å². The summed E-state index contributed by atoms with van der Waals surface area (Å²) in [4.78, 5) is 0. The van der Waals surface area contributed by atoms with Gasteiger partial charge in [0.15, 0.2) is 0 Å². The molecule has 0 heterocycles. The zero-order valence-corrected chi connectivity index (χ0v) is 12.5. The summed E-state index contributed by atoms with van der Waals surface area (Å²) in [6.07, 6.45) is 3.95. The Bertz CT molecular complexity index is 693. The van der Waals surface area contributed by atoms with E-state index in [-0.39, 0.29) is 11.5 Å². The summed E-state index contributed by atoms with van der Waals surface area (Å²) < 4.78 is 0. The van der Waals surface area contributed by atoms with Crippen molar-refractivity contribution in [2.45, 2.75) is 44.6 Å². The molecule has 4 rings (SSSR count). The standard InChI is InChI=1S/C18H19ClO/c1-18-7-6-13-12-4-2-3-5-14(12)17(19)9-15(13)16(18)8-11(20)10-18/h2-5,9,11,16,20H,6-8,10H2,1H3/t11-,16+,18-/m0/s1. The molecule has 3 atom stereocenters. The van der Waals surface area contributed by atoms with Crippen LogP contribution >= 0.6 is 11.6 Å². The van der Waals surface area contributed by atoms with Gasteiger partial charge in [0.1, 0.15) is 0 Å². The summed E-state index contributed by atoms with van der Waals surface area (Å²) in [7, 11) is 0. The number of hydrogen-bond donors (Lipinski definition) is 1. The first-order valence-electron chi connectivity index (χ1n) is 7.46. The van der Waals surface area contributed by atoms with E-state index in [4.69, 9.17) is 11.6 Å². The van der Waals surface area contributed by atoms with Gasteiger partial charge >= 0.3 is 0 Å². The van der Waals surface area contributed by atoms with Gasteiger partial charge in [-0.15, -0.1) is 0 Å². The average molecular weight is 287 g/mol. The SMILES string of the molecule is C[C@@]12CCc3c(cc(Cl)c4ccccc34)[C@H]1C[C@H](O)C2. The molecular weight excluding hydrogens is 268 g/mol. The summed E-state index contributed by atoms with van der Waals surface area (Å²) >= 11 is 6.50. The van der Waals surface area contributed by atoms with Crippen molar-refractivity contribution in [3.8, 4) is 0 Å². The maximum Gasteiger partial charge on any atom is 0.0551 e. The Labute approximate surface area is 124 Å². The van der Waals surface area contributed by atoms with Crippen molar-refractivity contribution in [2.75, 3.05) is 0 Å². The zero-order chi connectivity index (χ0) is 13.9. The Hall–Kier alpha value is -1.05. The zero-order valence-electron chi connectivity index (χ0n) is 11.7. The lowest BCUT2D eigenvalue weighted by molar-refractivity contribution is 0.159. The molecule has 0 radical (unpaired) electrons. The van der Waals surface area contributed by atoms with E-state index in [1.807, 2.05) is 6.07 Å². The van der Waals surface area contributed by atoms with E-state index in [1.54, 1.807) is 0 Å². The molecule has 2 aliphatic carbocycles. The van der Waals surface area contributed by atoms with E-state index in [9.17, 15) is 5.11 Å². The van der Waals surface area contributed by atoms with E-state index >= 15 is 0 Å². The second-order valence-electron chi connectivity index (χ2n) is 6.77. The molecule has 0 amide bonds. The molecular formula is C18H19ClO.